The minimum absolute atomic E-state index is 0. The van der Waals surface area contributed by atoms with E-state index in [0.29, 0.717) is 19.8 Å². The van der Waals surface area contributed by atoms with Gasteiger partial charge in [0, 0.05) is 132 Å². The van der Waals surface area contributed by atoms with Crippen molar-refractivity contribution in [3.63, 3.8) is 0 Å². The predicted molar refractivity (Wildman–Crippen MR) is 188 cm³/mol. The average molecular weight is 979 g/mol. The van der Waals surface area contributed by atoms with Crippen LogP contribution in [0.15, 0.2) is 0 Å². The summed E-state index contributed by atoms with van der Waals surface area (Å²) in [7, 11) is -7.19. The molecular weight excluding hydrogens is 912 g/mol. The van der Waals surface area contributed by atoms with Gasteiger partial charge in [-0.1, -0.05) is 40.0 Å². The van der Waals surface area contributed by atoms with Crippen molar-refractivity contribution in [2.75, 3.05) is 34.0 Å². The molecule has 1 aliphatic heterocycles. The zero-order valence-corrected chi connectivity index (χ0v) is 46.6. The molecular formula is C24H67O10Si7Y3-3. The summed E-state index contributed by atoms with van der Waals surface area (Å²) in [6.45, 7) is 32.8. The van der Waals surface area contributed by atoms with Gasteiger partial charge in [0.25, 0.3) is 0 Å². The van der Waals surface area contributed by atoms with Gasteiger partial charge >= 0.3 is 28.6 Å². The minimum Gasteiger partial charge on any atom is -0.435 e. The van der Waals surface area contributed by atoms with Crippen molar-refractivity contribution in [3.8, 4) is 0 Å². The van der Waals surface area contributed by atoms with Crippen molar-refractivity contribution in [3.05, 3.63) is 20.8 Å². The average Bonchev–Trinajstić information content (AvgIpc) is 3.11. The minimum atomic E-state index is -1.73. The Morgan fingerprint density at radius 1 is 0.614 bits per heavy atom. The smallest absolute Gasteiger partial charge is 0.435 e. The van der Waals surface area contributed by atoms with Crippen molar-refractivity contribution >= 4 is 62.8 Å². The Labute approximate surface area is 361 Å². The van der Waals surface area contributed by atoms with Crippen LogP contribution in [0.4, 0.5) is 0 Å². The fraction of sp³-hybridized carbons (Fsp3) is 0.875. The van der Waals surface area contributed by atoms with E-state index in [9.17, 15) is 0 Å². The Hall–Kier alpha value is 4.43. The Morgan fingerprint density at radius 3 is 0.977 bits per heavy atom. The first-order chi connectivity index (χ1) is 19.4. The van der Waals surface area contributed by atoms with Crippen LogP contribution in [0.2, 0.25) is 26.2 Å². The molecule has 44 heavy (non-hydrogen) atoms. The molecule has 0 aromatic heterocycles. The van der Waals surface area contributed by atoms with Crippen molar-refractivity contribution in [2.45, 2.75) is 106 Å². The molecule has 1 rings (SSSR count). The third-order valence-corrected chi connectivity index (χ3v) is 26.0. The molecule has 0 amide bonds. The Morgan fingerprint density at radius 2 is 0.841 bits per heavy atom. The molecule has 0 spiro atoms. The standard InChI is InChI=1S/C6H16O3Si.C4H14O5Si4.3C4H9.C2H10O2Si2.3Y/c1-4-7-10(8-5-2)9-6-3;1-5-12-7-10(3)11(4)8-13(6-2)9-12;3*1-3-4-2;1-5(3)6(2)4;;;/h10H,4-6H2,1-3H3;10-11H,1-4H3;3*1,3-4H2,2H3;3-6H,1-2H3;;;/q;;3*-1;;;;. The molecule has 10 nitrogen and oxygen atoms in total. The fourth-order valence-corrected chi connectivity index (χ4v) is 15.1. The van der Waals surface area contributed by atoms with Gasteiger partial charge in [0.15, 0.2) is 34.2 Å². The summed E-state index contributed by atoms with van der Waals surface area (Å²) in [5.41, 5.74) is 0. The summed E-state index contributed by atoms with van der Waals surface area (Å²) in [6, 6.07) is 0. The van der Waals surface area contributed by atoms with E-state index in [1.165, 1.54) is 19.3 Å². The van der Waals surface area contributed by atoms with Crippen LogP contribution in [-0.2, 0) is 133 Å². The molecule has 1 heterocycles. The quantitative estimate of drug-likeness (QED) is 0.223. The van der Waals surface area contributed by atoms with E-state index in [1.807, 2.05) is 20.8 Å². The van der Waals surface area contributed by atoms with Gasteiger partial charge in [0.1, 0.15) is 0 Å². The van der Waals surface area contributed by atoms with Crippen LogP contribution in [0.25, 0.3) is 0 Å². The first-order valence-corrected chi connectivity index (χ1v) is 30.6. The van der Waals surface area contributed by atoms with E-state index in [1.54, 1.807) is 27.3 Å². The van der Waals surface area contributed by atoms with Crippen LogP contribution in [-0.4, -0.2) is 106 Å². The van der Waals surface area contributed by atoms with Gasteiger partial charge in [-0.25, -0.2) is 0 Å². The molecule has 4 unspecified atom stereocenters. The van der Waals surface area contributed by atoms with Gasteiger partial charge < -0.3 is 64.8 Å². The Kier molecular flexibility index (Phi) is 86.0. The van der Waals surface area contributed by atoms with Crippen molar-refractivity contribution < 1.29 is 142 Å². The Bertz CT molecular complexity index is 416. The maximum Gasteiger partial charge on any atom is 0.557 e. The van der Waals surface area contributed by atoms with E-state index in [0.717, 1.165) is 19.3 Å². The molecule has 20 heteroatoms. The van der Waals surface area contributed by atoms with Gasteiger partial charge in [-0.2, -0.15) is 19.3 Å². The molecule has 2 N–H and O–H groups in total. The largest absolute Gasteiger partial charge is 0.557 e. The second kappa shape index (κ2) is 56.8. The topological polar surface area (TPSA) is 114 Å². The number of hydrogen-bond donors (Lipinski definition) is 2. The van der Waals surface area contributed by atoms with Gasteiger partial charge in [-0.15, -0.1) is 0 Å². The SMILES string of the molecule is CCO[SiH](OCC)OCC.CO[Si]1O[Si](OC)O[SiH](C)[SiH](C)O1.C[SiH](O)[SiH](C)O.[CH2-]CCC.[CH2-]CCC.[CH2-]CCC.[Y].[Y].[Y]. The maximum absolute atomic E-state index is 8.58. The zero-order chi connectivity index (χ0) is 33.1. The molecule has 5 radical (unpaired) electrons. The summed E-state index contributed by atoms with van der Waals surface area (Å²) < 4.78 is 42.7. The van der Waals surface area contributed by atoms with Crippen LogP contribution in [0, 0.1) is 20.8 Å². The summed E-state index contributed by atoms with van der Waals surface area (Å²) >= 11 is 0. The molecule has 263 valence electrons. The van der Waals surface area contributed by atoms with E-state index in [2.05, 4.69) is 54.6 Å². The van der Waals surface area contributed by atoms with E-state index >= 15 is 0 Å². The number of hydrogen-bond acceptors (Lipinski definition) is 10. The molecule has 1 aliphatic rings. The summed E-state index contributed by atoms with van der Waals surface area (Å²) in [6.07, 6.45) is 6.83. The van der Waals surface area contributed by atoms with Gasteiger partial charge in [0.05, 0.1) is 0 Å². The third-order valence-electron chi connectivity index (χ3n) is 4.39. The second-order valence-electron chi connectivity index (χ2n) is 8.35. The van der Waals surface area contributed by atoms with Crippen LogP contribution in [0.1, 0.15) is 80.1 Å². The van der Waals surface area contributed by atoms with Gasteiger partial charge in [-0.3, -0.25) is 0 Å². The molecule has 0 aliphatic carbocycles. The van der Waals surface area contributed by atoms with Gasteiger partial charge in [0.2, 0.25) is 0 Å². The van der Waals surface area contributed by atoms with E-state index in [-0.39, 0.29) is 98.1 Å². The van der Waals surface area contributed by atoms with Crippen molar-refractivity contribution in [1.82, 2.24) is 0 Å². The molecule has 1 saturated heterocycles. The molecule has 0 saturated carbocycles. The second-order valence-corrected chi connectivity index (χ2v) is 31.7. The molecule has 0 bridgehead atoms. The van der Waals surface area contributed by atoms with Gasteiger partial charge in [-0.05, 0) is 47.0 Å². The van der Waals surface area contributed by atoms with Crippen LogP contribution in [0.3, 0.4) is 0 Å². The Balaban J connectivity index is -0.0000000624. The zero-order valence-electron chi connectivity index (χ0n) is 30.3. The molecule has 0 aromatic carbocycles. The normalized spacial score (nSPS) is 17.0. The molecule has 1 fully saturated rings. The fourth-order valence-electron chi connectivity index (χ4n) is 1.34. The monoisotopic (exact) mass is 978 g/mol. The van der Waals surface area contributed by atoms with E-state index < -0.39 is 62.8 Å². The van der Waals surface area contributed by atoms with Crippen LogP contribution >= 0.6 is 0 Å². The van der Waals surface area contributed by atoms with Crippen molar-refractivity contribution in [1.29, 1.82) is 0 Å². The number of unbranched alkanes of at least 4 members (excludes halogenated alkanes) is 3. The maximum atomic E-state index is 8.58. The first kappa shape index (κ1) is 66.7. The summed E-state index contributed by atoms with van der Waals surface area (Å²) in [5.74, 6) is 0. The van der Waals surface area contributed by atoms with Crippen molar-refractivity contribution in [2.24, 2.45) is 0 Å². The molecule has 0 aromatic rings. The van der Waals surface area contributed by atoms with E-state index in [4.69, 9.17) is 44.1 Å². The number of rotatable bonds is 12. The van der Waals surface area contributed by atoms with Crippen LogP contribution < -0.4 is 0 Å². The summed E-state index contributed by atoms with van der Waals surface area (Å²) in [5, 5.41) is 0. The van der Waals surface area contributed by atoms with Crippen LogP contribution in [0.5, 0.6) is 0 Å². The predicted octanol–water partition coefficient (Wildman–Crippen LogP) is 3.52. The first-order valence-electron chi connectivity index (χ1n) is 14.8. The summed E-state index contributed by atoms with van der Waals surface area (Å²) in [4.78, 5) is 17.2. The third kappa shape index (κ3) is 58.6. The molecule has 4 atom stereocenters.